The number of rotatable bonds is 3. The summed E-state index contributed by atoms with van der Waals surface area (Å²) in [6, 6.07) is 2.30. The molecule has 0 aliphatic carbocycles. The normalized spacial score (nSPS) is 11.6. The number of hydrogen-bond acceptors (Lipinski definition) is 6. The van der Waals surface area contributed by atoms with Crippen LogP contribution in [-0.2, 0) is 12.0 Å². The van der Waals surface area contributed by atoms with Gasteiger partial charge in [0.2, 0.25) is 5.89 Å². The predicted molar refractivity (Wildman–Crippen MR) is 69.5 cm³/mol. The molecule has 2 aromatic heterocycles. The van der Waals surface area contributed by atoms with E-state index in [1.54, 1.807) is 0 Å². The van der Waals surface area contributed by atoms with Gasteiger partial charge in [0.15, 0.2) is 5.82 Å². The molecule has 8 nitrogen and oxygen atoms in total. The summed E-state index contributed by atoms with van der Waals surface area (Å²) in [5.41, 5.74) is -0.819. The molecule has 0 aliphatic rings. The molecule has 2 aromatic rings. The van der Waals surface area contributed by atoms with E-state index in [1.165, 1.54) is 4.57 Å². The summed E-state index contributed by atoms with van der Waals surface area (Å²) in [7, 11) is 0. The standard InChI is InChI=1S/C12H14N4O4/c1-12(2,3)11-13-9(14-20-11)7-15-6-8(16(18)19)4-5-10(15)17/h4-6H,7H2,1-3H3. The Hall–Kier alpha value is -2.51. The lowest BCUT2D eigenvalue weighted by molar-refractivity contribution is -0.385. The van der Waals surface area contributed by atoms with Crippen molar-refractivity contribution in [1.82, 2.24) is 14.7 Å². The van der Waals surface area contributed by atoms with E-state index in [9.17, 15) is 14.9 Å². The molecule has 0 spiro atoms. The zero-order chi connectivity index (χ0) is 14.9. The monoisotopic (exact) mass is 278 g/mol. The Morgan fingerprint density at radius 3 is 2.65 bits per heavy atom. The number of nitrogens with zero attached hydrogens (tertiary/aromatic N) is 4. The van der Waals surface area contributed by atoms with E-state index < -0.39 is 4.92 Å². The molecule has 0 bridgehead atoms. The molecule has 0 atom stereocenters. The van der Waals surface area contributed by atoms with Crippen molar-refractivity contribution in [1.29, 1.82) is 0 Å². The molecule has 20 heavy (non-hydrogen) atoms. The Morgan fingerprint density at radius 1 is 1.40 bits per heavy atom. The van der Waals surface area contributed by atoms with Crippen LogP contribution in [0.2, 0.25) is 0 Å². The van der Waals surface area contributed by atoms with E-state index in [0.717, 1.165) is 18.3 Å². The van der Waals surface area contributed by atoms with Gasteiger partial charge in [-0.2, -0.15) is 4.98 Å². The molecular formula is C12H14N4O4. The Labute approximate surface area is 114 Å². The first-order chi connectivity index (χ1) is 9.27. The van der Waals surface area contributed by atoms with Gasteiger partial charge in [-0.1, -0.05) is 25.9 Å². The van der Waals surface area contributed by atoms with Crippen LogP contribution in [0.3, 0.4) is 0 Å². The number of pyridine rings is 1. The highest BCUT2D eigenvalue weighted by Crippen LogP contribution is 2.19. The van der Waals surface area contributed by atoms with E-state index in [2.05, 4.69) is 10.1 Å². The van der Waals surface area contributed by atoms with Crippen LogP contribution < -0.4 is 5.56 Å². The molecule has 0 aliphatic heterocycles. The lowest BCUT2D eigenvalue weighted by Crippen LogP contribution is -2.20. The molecule has 8 heteroatoms. The Kier molecular flexibility index (Phi) is 3.39. The first kappa shape index (κ1) is 13.9. The molecular weight excluding hydrogens is 264 g/mol. The van der Waals surface area contributed by atoms with Crippen molar-refractivity contribution < 1.29 is 9.45 Å². The van der Waals surface area contributed by atoms with E-state index >= 15 is 0 Å². The van der Waals surface area contributed by atoms with Gasteiger partial charge in [0.25, 0.3) is 11.2 Å². The Balaban J connectivity index is 2.30. The number of hydrogen-bond donors (Lipinski definition) is 0. The van der Waals surface area contributed by atoms with Crippen molar-refractivity contribution in [3.8, 4) is 0 Å². The molecule has 0 amide bonds. The quantitative estimate of drug-likeness (QED) is 0.622. The van der Waals surface area contributed by atoms with Gasteiger partial charge in [-0.25, -0.2) is 0 Å². The van der Waals surface area contributed by atoms with Crippen LogP contribution in [0, 0.1) is 10.1 Å². The van der Waals surface area contributed by atoms with Gasteiger partial charge >= 0.3 is 0 Å². The molecule has 0 N–H and O–H groups in total. The summed E-state index contributed by atoms with van der Waals surface area (Å²) in [4.78, 5) is 26.0. The molecule has 0 radical (unpaired) electrons. The first-order valence-electron chi connectivity index (χ1n) is 5.95. The average molecular weight is 278 g/mol. The molecule has 0 unspecified atom stereocenters. The minimum Gasteiger partial charge on any atom is -0.339 e. The van der Waals surface area contributed by atoms with Gasteiger partial charge in [-0.15, -0.1) is 0 Å². The van der Waals surface area contributed by atoms with E-state index in [1.807, 2.05) is 20.8 Å². The van der Waals surface area contributed by atoms with Crippen molar-refractivity contribution in [2.24, 2.45) is 0 Å². The van der Waals surface area contributed by atoms with Gasteiger partial charge in [0.1, 0.15) is 0 Å². The van der Waals surface area contributed by atoms with E-state index in [0.29, 0.717) is 11.7 Å². The lowest BCUT2D eigenvalue weighted by Gasteiger charge is -2.10. The summed E-state index contributed by atoms with van der Waals surface area (Å²) < 4.78 is 6.28. The van der Waals surface area contributed by atoms with Crippen LogP contribution >= 0.6 is 0 Å². The topological polar surface area (TPSA) is 104 Å². The zero-order valence-electron chi connectivity index (χ0n) is 11.4. The SMILES string of the molecule is CC(C)(C)c1nc(Cn2cc([N+](=O)[O-])ccc2=O)no1. The van der Waals surface area contributed by atoms with Crippen LogP contribution in [0.1, 0.15) is 32.5 Å². The highest BCUT2D eigenvalue weighted by Gasteiger charge is 2.22. The summed E-state index contributed by atoms with van der Waals surface area (Å²) in [5, 5.41) is 14.5. The van der Waals surface area contributed by atoms with E-state index in [-0.39, 0.29) is 23.2 Å². The van der Waals surface area contributed by atoms with Crippen molar-refractivity contribution in [3.63, 3.8) is 0 Å². The fraction of sp³-hybridized carbons (Fsp3) is 0.417. The second kappa shape index (κ2) is 4.87. The summed E-state index contributed by atoms with van der Waals surface area (Å²) >= 11 is 0. The van der Waals surface area contributed by atoms with Gasteiger partial charge in [-0.3, -0.25) is 14.9 Å². The molecule has 106 valence electrons. The molecule has 2 rings (SSSR count). The molecule has 2 heterocycles. The van der Waals surface area contributed by atoms with Crippen molar-refractivity contribution in [2.75, 3.05) is 0 Å². The maximum atomic E-state index is 11.7. The van der Waals surface area contributed by atoms with Crippen LogP contribution in [0.4, 0.5) is 5.69 Å². The van der Waals surface area contributed by atoms with Gasteiger partial charge in [-0.05, 0) is 0 Å². The average Bonchev–Trinajstić information content (AvgIpc) is 2.80. The number of aromatic nitrogens is 3. The molecule has 0 saturated carbocycles. The van der Waals surface area contributed by atoms with Crippen molar-refractivity contribution >= 4 is 5.69 Å². The third-order valence-corrected chi connectivity index (χ3v) is 2.60. The maximum Gasteiger partial charge on any atom is 0.285 e. The highest BCUT2D eigenvalue weighted by atomic mass is 16.6. The molecule has 0 aromatic carbocycles. The first-order valence-corrected chi connectivity index (χ1v) is 5.95. The fourth-order valence-electron chi connectivity index (χ4n) is 1.53. The van der Waals surface area contributed by atoms with Crippen LogP contribution in [-0.4, -0.2) is 19.6 Å². The summed E-state index contributed by atoms with van der Waals surface area (Å²) in [6.45, 7) is 5.79. The van der Waals surface area contributed by atoms with Crippen LogP contribution in [0.5, 0.6) is 0 Å². The van der Waals surface area contributed by atoms with Gasteiger partial charge in [0.05, 0.1) is 17.7 Å². The van der Waals surface area contributed by atoms with E-state index in [4.69, 9.17) is 4.52 Å². The second-order valence-electron chi connectivity index (χ2n) is 5.38. The van der Waals surface area contributed by atoms with Gasteiger partial charge < -0.3 is 9.09 Å². The Morgan fingerprint density at radius 2 is 2.10 bits per heavy atom. The molecule has 0 saturated heterocycles. The van der Waals surface area contributed by atoms with Gasteiger partial charge in [0, 0.05) is 17.5 Å². The minimum absolute atomic E-state index is 0.0279. The fourth-order valence-corrected chi connectivity index (χ4v) is 1.53. The maximum absolute atomic E-state index is 11.7. The summed E-state index contributed by atoms with van der Waals surface area (Å²) in [5.74, 6) is 0.753. The van der Waals surface area contributed by atoms with Crippen molar-refractivity contribution in [3.05, 3.63) is 50.5 Å². The number of nitro groups is 1. The second-order valence-corrected chi connectivity index (χ2v) is 5.38. The Bertz CT molecular complexity index is 696. The van der Waals surface area contributed by atoms with Crippen LogP contribution in [0.15, 0.2) is 27.6 Å². The third-order valence-electron chi connectivity index (χ3n) is 2.60. The lowest BCUT2D eigenvalue weighted by atomic mass is 9.97. The smallest absolute Gasteiger partial charge is 0.285 e. The molecule has 0 fully saturated rings. The summed E-state index contributed by atoms with van der Waals surface area (Å²) in [6.07, 6.45) is 1.16. The zero-order valence-corrected chi connectivity index (χ0v) is 11.4. The van der Waals surface area contributed by atoms with Crippen molar-refractivity contribution in [2.45, 2.75) is 32.7 Å². The highest BCUT2D eigenvalue weighted by molar-refractivity contribution is 5.25. The predicted octanol–water partition coefficient (Wildman–Crippen LogP) is 1.49. The largest absolute Gasteiger partial charge is 0.339 e. The third kappa shape index (κ3) is 2.90. The van der Waals surface area contributed by atoms with Crippen LogP contribution in [0.25, 0.3) is 0 Å². The minimum atomic E-state index is -0.563.